The molecule has 0 spiro atoms. The van der Waals surface area contributed by atoms with Crippen molar-refractivity contribution < 1.29 is 13.9 Å². The lowest BCUT2D eigenvalue weighted by Crippen LogP contribution is -1.95. The van der Waals surface area contributed by atoms with E-state index in [0.29, 0.717) is 12.8 Å². The number of halogens is 1. The standard InChI is InChI=1S/C11H13FO2/c1-8(13)3-4-9-5-6-10(12)11(7-9)14-2/h5-7H,3-4H2,1-2H3. The summed E-state index contributed by atoms with van der Waals surface area (Å²) in [5.74, 6) is -0.0154. The minimum Gasteiger partial charge on any atom is -0.494 e. The number of rotatable bonds is 4. The Labute approximate surface area is 82.7 Å². The molecule has 0 saturated heterocycles. The molecule has 2 nitrogen and oxygen atoms in total. The van der Waals surface area contributed by atoms with Gasteiger partial charge in [-0.05, 0) is 31.0 Å². The van der Waals surface area contributed by atoms with Crippen LogP contribution in [0.1, 0.15) is 18.9 Å². The molecule has 0 fully saturated rings. The van der Waals surface area contributed by atoms with Gasteiger partial charge in [-0.3, -0.25) is 0 Å². The molecule has 0 atom stereocenters. The monoisotopic (exact) mass is 196 g/mol. The van der Waals surface area contributed by atoms with Crippen molar-refractivity contribution in [1.29, 1.82) is 0 Å². The number of carbonyl (C=O) groups excluding carboxylic acids is 1. The summed E-state index contributed by atoms with van der Waals surface area (Å²) in [7, 11) is 1.42. The Kier molecular flexibility index (Phi) is 3.63. The number of ether oxygens (including phenoxy) is 1. The molecule has 0 unspecified atom stereocenters. The first-order chi connectivity index (χ1) is 6.63. The highest BCUT2D eigenvalue weighted by atomic mass is 19.1. The second kappa shape index (κ2) is 4.74. The molecule has 0 saturated carbocycles. The van der Waals surface area contributed by atoms with Crippen molar-refractivity contribution in [2.24, 2.45) is 0 Å². The zero-order valence-electron chi connectivity index (χ0n) is 8.34. The number of Topliss-reactive ketones (excluding diaryl/α,β-unsaturated/α-hetero) is 1. The molecule has 0 bridgehead atoms. The lowest BCUT2D eigenvalue weighted by Gasteiger charge is -2.04. The molecule has 0 radical (unpaired) electrons. The van der Waals surface area contributed by atoms with Gasteiger partial charge in [-0.25, -0.2) is 4.39 Å². The van der Waals surface area contributed by atoms with Gasteiger partial charge in [0, 0.05) is 6.42 Å². The van der Waals surface area contributed by atoms with E-state index in [0.717, 1.165) is 5.56 Å². The molecular weight excluding hydrogens is 183 g/mol. The van der Waals surface area contributed by atoms with Gasteiger partial charge >= 0.3 is 0 Å². The average molecular weight is 196 g/mol. The van der Waals surface area contributed by atoms with E-state index in [4.69, 9.17) is 4.74 Å². The number of ketones is 1. The predicted octanol–water partition coefficient (Wildman–Crippen LogP) is 2.36. The zero-order chi connectivity index (χ0) is 10.6. The number of methoxy groups -OCH3 is 1. The highest BCUT2D eigenvalue weighted by Crippen LogP contribution is 2.18. The van der Waals surface area contributed by atoms with Crippen molar-refractivity contribution in [2.45, 2.75) is 19.8 Å². The molecule has 0 aromatic heterocycles. The third-order valence-electron chi connectivity index (χ3n) is 1.98. The van der Waals surface area contributed by atoms with Crippen molar-refractivity contribution in [1.82, 2.24) is 0 Å². The van der Waals surface area contributed by atoms with Gasteiger partial charge in [0.05, 0.1) is 7.11 Å². The van der Waals surface area contributed by atoms with E-state index in [1.165, 1.54) is 13.2 Å². The highest BCUT2D eigenvalue weighted by Gasteiger charge is 2.03. The summed E-state index contributed by atoms with van der Waals surface area (Å²) in [6, 6.07) is 4.65. The molecule has 0 N–H and O–H groups in total. The van der Waals surface area contributed by atoms with Gasteiger partial charge in [-0.15, -0.1) is 0 Å². The fourth-order valence-corrected chi connectivity index (χ4v) is 1.18. The molecule has 0 aliphatic carbocycles. The Balaban J connectivity index is 2.74. The maximum Gasteiger partial charge on any atom is 0.165 e. The maximum absolute atomic E-state index is 13.0. The molecular formula is C11H13FO2. The van der Waals surface area contributed by atoms with Crippen LogP contribution >= 0.6 is 0 Å². The average Bonchev–Trinajstić information content (AvgIpc) is 2.16. The first-order valence-corrected chi connectivity index (χ1v) is 4.45. The van der Waals surface area contributed by atoms with Crippen LogP contribution < -0.4 is 4.74 Å². The van der Waals surface area contributed by atoms with E-state index in [-0.39, 0.29) is 17.3 Å². The lowest BCUT2D eigenvalue weighted by atomic mass is 10.1. The molecule has 0 aliphatic rings. The zero-order valence-corrected chi connectivity index (χ0v) is 8.34. The minimum atomic E-state index is -0.376. The van der Waals surface area contributed by atoms with Gasteiger partial charge in [0.1, 0.15) is 5.78 Å². The van der Waals surface area contributed by atoms with Gasteiger partial charge in [0.15, 0.2) is 11.6 Å². The predicted molar refractivity (Wildman–Crippen MR) is 52.0 cm³/mol. The van der Waals surface area contributed by atoms with Gasteiger partial charge in [-0.2, -0.15) is 0 Å². The molecule has 3 heteroatoms. The molecule has 0 heterocycles. The van der Waals surface area contributed by atoms with Crippen molar-refractivity contribution in [3.05, 3.63) is 29.6 Å². The molecule has 1 aromatic rings. The van der Waals surface area contributed by atoms with Crippen LogP contribution in [0.15, 0.2) is 18.2 Å². The molecule has 0 amide bonds. The van der Waals surface area contributed by atoms with E-state index < -0.39 is 0 Å². The largest absolute Gasteiger partial charge is 0.494 e. The van der Waals surface area contributed by atoms with Crippen LogP contribution in [0, 0.1) is 5.82 Å². The number of hydrogen-bond donors (Lipinski definition) is 0. The summed E-state index contributed by atoms with van der Waals surface area (Å²) in [4.78, 5) is 10.7. The van der Waals surface area contributed by atoms with E-state index in [9.17, 15) is 9.18 Å². The Morgan fingerprint density at radius 3 is 2.79 bits per heavy atom. The SMILES string of the molecule is COc1cc(CCC(C)=O)ccc1F. The van der Waals surface area contributed by atoms with Crippen molar-refractivity contribution >= 4 is 5.78 Å². The van der Waals surface area contributed by atoms with Crippen LogP contribution in [0.2, 0.25) is 0 Å². The van der Waals surface area contributed by atoms with Crippen LogP contribution in [0.5, 0.6) is 5.75 Å². The molecule has 1 rings (SSSR count). The van der Waals surface area contributed by atoms with E-state index >= 15 is 0 Å². The topological polar surface area (TPSA) is 26.3 Å². The van der Waals surface area contributed by atoms with Gasteiger partial charge in [-0.1, -0.05) is 6.07 Å². The van der Waals surface area contributed by atoms with Crippen LogP contribution in [-0.2, 0) is 11.2 Å². The summed E-state index contributed by atoms with van der Waals surface area (Å²) in [6.07, 6.45) is 1.11. The quantitative estimate of drug-likeness (QED) is 0.738. The summed E-state index contributed by atoms with van der Waals surface area (Å²) in [6.45, 7) is 1.54. The van der Waals surface area contributed by atoms with Crippen LogP contribution in [-0.4, -0.2) is 12.9 Å². The smallest absolute Gasteiger partial charge is 0.165 e. The van der Waals surface area contributed by atoms with Crippen LogP contribution in [0.25, 0.3) is 0 Å². The minimum absolute atomic E-state index is 0.133. The number of carbonyl (C=O) groups is 1. The molecule has 0 aliphatic heterocycles. The van der Waals surface area contributed by atoms with Crippen molar-refractivity contribution in [3.63, 3.8) is 0 Å². The summed E-state index contributed by atoms with van der Waals surface area (Å²) in [5.41, 5.74) is 0.915. The summed E-state index contributed by atoms with van der Waals surface area (Å²) in [5, 5.41) is 0. The van der Waals surface area contributed by atoms with E-state index in [1.54, 1.807) is 19.1 Å². The maximum atomic E-state index is 13.0. The number of aryl methyl sites for hydroxylation is 1. The third kappa shape index (κ3) is 2.83. The third-order valence-corrected chi connectivity index (χ3v) is 1.98. The fraction of sp³-hybridized carbons (Fsp3) is 0.364. The van der Waals surface area contributed by atoms with E-state index in [1.807, 2.05) is 0 Å². The fourth-order valence-electron chi connectivity index (χ4n) is 1.18. The summed E-state index contributed by atoms with van der Waals surface area (Å²) >= 11 is 0. The second-order valence-corrected chi connectivity index (χ2v) is 3.17. The molecule has 14 heavy (non-hydrogen) atoms. The lowest BCUT2D eigenvalue weighted by molar-refractivity contribution is -0.116. The normalized spacial score (nSPS) is 9.93. The summed E-state index contributed by atoms with van der Waals surface area (Å²) < 4.78 is 17.8. The first kappa shape index (κ1) is 10.7. The number of hydrogen-bond acceptors (Lipinski definition) is 2. The van der Waals surface area contributed by atoms with Gasteiger partial charge in [0.25, 0.3) is 0 Å². The molecule has 1 aromatic carbocycles. The van der Waals surface area contributed by atoms with E-state index in [2.05, 4.69) is 0 Å². The first-order valence-electron chi connectivity index (χ1n) is 4.45. The van der Waals surface area contributed by atoms with Crippen molar-refractivity contribution in [2.75, 3.05) is 7.11 Å². The Bertz CT molecular complexity index is 334. The number of benzene rings is 1. The highest BCUT2D eigenvalue weighted by molar-refractivity contribution is 5.75. The molecule has 76 valence electrons. The van der Waals surface area contributed by atoms with Crippen molar-refractivity contribution in [3.8, 4) is 5.75 Å². The van der Waals surface area contributed by atoms with Gasteiger partial charge in [0.2, 0.25) is 0 Å². The second-order valence-electron chi connectivity index (χ2n) is 3.17. The Hall–Kier alpha value is -1.38. The van der Waals surface area contributed by atoms with Crippen LogP contribution in [0.3, 0.4) is 0 Å². The Morgan fingerprint density at radius 2 is 2.21 bits per heavy atom. The Morgan fingerprint density at radius 1 is 1.50 bits per heavy atom. The van der Waals surface area contributed by atoms with Gasteiger partial charge < -0.3 is 9.53 Å². The van der Waals surface area contributed by atoms with Crippen LogP contribution in [0.4, 0.5) is 4.39 Å².